The molecule has 1 aliphatic rings. The molecule has 150 valence electrons. The Bertz CT molecular complexity index is 1010. The molecule has 4 rings (SSSR count). The summed E-state index contributed by atoms with van der Waals surface area (Å²) >= 11 is 0. The molecular weight excluding hydrogens is 376 g/mol. The molecule has 0 saturated carbocycles. The second-order valence-electron chi connectivity index (χ2n) is 6.58. The lowest BCUT2D eigenvalue weighted by molar-refractivity contribution is 0.0648. The van der Waals surface area contributed by atoms with Gasteiger partial charge in [-0.15, -0.1) is 0 Å². The summed E-state index contributed by atoms with van der Waals surface area (Å²) in [5.74, 6) is 0.822. The molecule has 1 fully saturated rings. The van der Waals surface area contributed by atoms with Gasteiger partial charge in [-0.1, -0.05) is 23.4 Å². The largest absolute Gasteiger partial charge is 0.413 e. The molecule has 1 N–H and O–H groups in total. The van der Waals surface area contributed by atoms with E-state index in [-0.39, 0.29) is 23.9 Å². The predicted octanol–water partition coefficient (Wildman–Crippen LogP) is 1.65. The third-order valence-electron chi connectivity index (χ3n) is 4.55. The summed E-state index contributed by atoms with van der Waals surface area (Å²) in [4.78, 5) is 30.5. The molecule has 0 unspecified atom stereocenters. The fourth-order valence-corrected chi connectivity index (χ4v) is 2.84. The van der Waals surface area contributed by atoms with Crippen LogP contribution < -0.4 is 10.1 Å². The van der Waals surface area contributed by atoms with Crippen LogP contribution in [0.3, 0.4) is 0 Å². The van der Waals surface area contributed by atoms with Crippen LogP contribution in [-0.2, 0) is 13.5 Å². The average molecular weight is 396 g/mol. The van der Waals surface area contributed by atoms with E-state index in [4.69, 9.17) is 9.26 Å². The Morgan fingerprint density at radius 3 is 2.76 bits per heavy atom. The van der Waals surface area contributed by atoms with Crippen molar-refractivity contribution in [3.8, 4) is 17.3 Å². The number of nitrogens with zero attached hydrogens (tertiary/aromatic N) is 5. The van der Waals surface area contributed by atoms with Crippen LogP contribution in [0.2, 0.25) is 0 Å². The lowest BCUT2D eigenvalue weighted by atomic mass is 10.2. The van der Waals surface area contributed by atoms with Gasteiger partial charge in [0.1, 0.15) is 5.56 Å². The van der Waals surface area contributed by atoms with E-state index in [0.717, 1.165) is 12.0 Å². The number of aromatic nitrogens is 4. The zero-order chi connectivity index (χ0) is 20.2. The third kappa shape index (κ3) is 4.10. The molecule has 0 radical (unpaired) electrons. The molecule has 10 nitrogen and oxygen atoms in total. The number of likely N-dealkylation sites (tertiary alicyclic amines) is 1. The van der Waals surface area contributed by atoms with Crippen molar-refractivity contribution in [2.24, 2.45) is 7.05 Å². The third-order valence-corrected chi connectivity index (χ3v) is 4.55. The first-order valence-electron chi connectivity index (χ1n) is 9.27. The highest BCUT2D eigenvalue weighted by molar-refractivity contribution is 5.97. The topological polar surface area (TPSA) is 115 Å². The van der Waals surface area contributed by atoms with Gasteiger partial charge >= 0.3 is 6.09 Å². The number of rotatable bonds is 6. The predicted molar refractivity (Wildman–Crippen MR) is 101 cm³/mol. The van der Waals surface area contributed by atoms with Gasteiger partial charge in [0.25, 0.3) is 11.8 Å². The molecule has 3 heterocycles. The summed E-state index contributed by atoms with van der Waals surface area (Å²) in [5.41, 5.74) is 1.10. The normalized spacial score (nSPS) is 13.1. The number of carbonyl (C=O) groups excluding carboxylic acids is 2. The van der Waals surface area contributed by atoms with Crippen LogP contribution in [0.5, 0.6) is 5.88 Å². The zero-order valence-electron chi connectivity index (χ0n) is 15.9. The number of hydrogen-bond acceptors (Lipinski definition) is 7. The summed E-state index contributed by atoms with van der Waals surface area (Å²) < 4.78 is 11.9. The summed E-state index contributed by atoms with van der Waals surface area (Å²) in [5, 5.41) is 10.6. The first-order chi connectivity index (χ1) is 14.1. The highest BCUT2D eigenvalue weighted by Crippen LogP contribution is 2.22. The Balaban J connectivity index is 1.30. The van der Waals surface area contributed by atoms with Crippen molar-refractivity contribution < 1.29 is 18.8 Å². The van der Waals surface area contributed by atoms with E-state index in [2.05, 4.69) is 20.6 Å². The number of amides is 2. The Labute approximate surface area is 166 Å². The second kappa shape index (κ2) is 8.13. The van der Waals surface area contributed by atoms with E-state index >= 15 is 0 Å². The fraction of sp³-hybridized carbons (Fsp3) is 0.316. The molecule has 1 aromatic carbocycles. The van der Waals surface area contributed by atoms with Crippen molar-refractivity contribution in [3.05, 3.63) is 47.9 Å². The van der Waals surface area contributed by atoms with Gasteiger partial charge in [-0.2, -0.15) is 10.1 Å². The molecule has 0 spiro atoms. The van der Waals surface area contributed by atoms with E-state index in [1.807, 2.05) is 30.3 Å². The first-order valence-corrected chi connectivity index (χ1v) is 9.27. The zero-order valence-corrected chi connectivity index (χ0v) is 15.9. The van der Waals surface area contributed by atoms with Crippen LogP contribution in [0, 0.1) is 0 Å². The molecule has 0 atom stereocenters. The first kappa shape index (κ1) is 18.7. The van der Waals surface area contributed by atoms with Crippen molar-refractivity contribution in [2.45, 2.75) is 12.8 Å². The quantitative estimate of drug-likeness (QED) is 0.673. The summed E-state index contributed by atoms with van der Waals surface area (Å²) in [6.45, 7) is 1.66. The summed E-state index contributed by atoms with van der Waals surface area (Å²) in [6.07, 6.45) is 2.08. The highest BCUT2D eigenvalue weighted by Gasteiger charge is 2.27. The lowest BCUT2D eigenvalue weighted by Crippen LogP contribution is -2.42. The smallest absolute Gasteiger partial charge is 0.391 e. The van der Waals surface area contributed by atoms with Gasteiger partial charge in [0.05, 0.1) is 6.20 Å². The van der Waals surface area contributed by atoms with Crippen LogP contribution >= 0.6 is 0 Å². The average Bonchev–Trinajstić information content (AvgIpc) is 3.29. The van der Waals surface area contributed by atoms with Crippen molar-refractivity contribution in [3.63, 3.8) is 0 Å². The number of ether oxygens (including phenoxy) is 1. The Hall–Kier alpha value is -3.69. The Kier molecular flexibility index (Phi) is 5.23. The molecule has 29 heavy (non-hydrogen) atoms. The van der Waals surface area contributed by atoms with Crippen LogP contribution in [0.1, 0.15) is 22.6 Å². The van der Waals surface area contributed by atoms with Gasteiger partial charge in [-0.25, -0.2) is 9.48 Å². The summed E-state index contributed by atoms with van der Waals surface area (Å²) in [6, 6.07) is 9.42. The maximum atomic E-state index is 12.4. The number of aryl methyl sites for hydroxylation is 1. The van der Waals surface area contributed by atoms with Crippen LogP contribution in [0.4, 0.5) is 4.79 Å². The minimum absolute atomic E-state index is 0.116. The molecule has 2 aromatic heterocycles. The molecule has 1 saturated heterocycles. The van der Waals surface area contributed by atoms with Gasteiger partial charge < -0.3 is 19.5 Å². The Morgan fingerprint density at radius 1 is 1.24 bits per heavy atom. The minimum Gasteiger partial charge on any atom is -0.391 e. The minimum atomic E-state index is -0.682. The monoisotopic (exact) mass is 396 g/mol. The number of nitrogens with one attached hydrogen (secondary N) is 1. The van der Waals surface area contributed by atoms with Crippen LogP contribution in [-0.4, -0.2) is 56.5 Å². The fourth-order valence-electron chi connectivity index (χ4n) is 2.84. The van der Waals surface area contributed by atoms with Crippen molar-refractivity contribution in [1.29, 1.82) is 0 Å². The molecule has 0 bridgehead atoms. The second-order valence-corrected chi connectivity index (χ2v) is 6.58. The molecule has 10 heteroatoms. The number of benzene rings is 1. The highest BCUT2D eigenvalue weighted by atomic mass is 16.6. The van der Waals surface area contributed by atoms with Crippen molar-refractivity contribution >= 4 is 12.0 Å². The molecule has 0 aliphatic carbocycles. The molecule has 2 amide bonds. The van der Waals surface area contributed by atoms with Crippen LogP contribution in [0.25, 0.3) is 11.5 Å². The van der Waals surface area contributed by atoms with E-state index in [0.29, 0.717) is 31.2 Å². The van der Waals surface area contributed by atoms with Crippen molar-refractivity contribution in [2.75, 3.05) is 19.6 Å². The van der Waals surface area contributed by atoms with Gasteiger partial charge in [-0.05, 0) is 18.6 Å². The maximum Gasteiger partial charge on any atom is 0.413 e. The maximum absolute atomic E-state index is 12.4. The van der Waals surface area contributed by atoms with Crippen molar-refractivity contribution in [1.82, 2.24) is 30.1 Å². The SMILES string of the molecule is Cn1ncc(C(=O)N2CCC2)c1OC(=O)NCCc1noc(-c2ccccc2)n1. The number of hydrogen-bond donors (Lipinski definition) is 1. The summed E-state index contributed by atoms with van der Waals surface area (Å²) in [7, 11) is 1.61. The van der Waals surface area contributed by atoms with Gasteiger partial charge in [-0.3, -0.25) is 4.79 Å². The van der Waals surface area contributed by atoms with E-state index in [1.165, 1.54) is 10.9 Å². The lowest BCUT2D eigenvalue weighted by Gasteiger charge is -2.30. The van der Waals surface area contributed by atoms with Gasteiger partial charge in [0, 0.05) is 38.7 Å². The van der Waals surface area contributed by atoms with E-state index < -0.39 is 6.09 Å². The molecule has 1 aliphatic heterocycles. The molecular formula is C19H20N6O4. The van der Waals surface area contributed by atoms with E-state index in [9.17, 15) is 9.59 Å². The van der Waals surface area contributed by atoms with E-state index in [1.54, 1.807) is 11.9 Å². The standard InChI is InChI=1S/C19H20N6O4/c1-24-18(14(12-21-24)17(26)25-10-5-11-25)28-19(27)20-9-8-15-22-16(29-23-15)13-6-3-2-4-7-13/h2-4,6-7,12H,5,8-11H2,1H3,(H,20,27). The Morgan fingerprint density at radius 2 is 2.03 bits per heavy atom. The van der Waals surface area contributed by atoms with Crippen LogP contribution in [0.15, 0.2) is 41.1 Å². The van der Waals surface area contributed by atoms with Gasteiger partial charge in [0.15, 0.2) is 5.82 Å². The van der Waals surface area contributed by atoms with Gasteiger partial charge in [0.2, 0.25) is 5.88 Å². The number of carbonyl (C=O) groups is 2. The molecule has 3 aromatic rings.